The van der Waals surface area contributed by atoms with Gasteiger partial charge in [0, 0.05) is 5.56 Å². The van der Waals surface area contributed by atoms with Crippen molar-refractivity contribution in [3.63, 3.8) is 0 Å². The minimum Gasteiger partial charge on any atom is -0.461 e. The molecular weight excluding hydrogens is 290 g/mol. The van der Waals surface area contributed by atoms with E-state index in [0.717, 1.165) is 16.7 Å². The van der Waals surface area contributed by atoms with Gasteiger partial charge in [-0.05, 0) is 37.1 Å². The lowest BCUT2D eigenvalue weighted by molar-refractivity contribution is 0.0518. The zero-order valence-electron chi connectivity index (χ0n) is 13.1. The minimum atomic E-state index is -0.457. The normalized spacial score (nSPS) is 10.5. The molecule has 2 aromatic carbocycles. The topological polar surface area (TPSA) is 52.3 Å². The zero-order valence-corrected chi connectivity index (χ0v) is 13.1. The highest BCUT2D eigenvalue weighted by Crippen LogP contribution is 2.26. The van der Waals surface area contributed by atoms with Gasteiger partial charge in [-0.25, -0.2) is 9.78 Å². The van der Waals surface area contributed by atoms with Crippen molar-refractivity contribution in [2.45, 2.75) is 13.8 Å². The molecule has 0 amide bonds. The van der Waals surface area contributed by atoms with Crippen LogP contribution >= 0.6 is 0 Å². The summed E-state index contributed by atoms with van der Waals surface area (Å²) in [5.41, 5.74) is 3.32. The summed E-state index contributed by atoms with van der Waals surface area (Å²) in [7, 11) is 0. The second-order valence-corrected chi connectivity index (χ2v) is 5.09. The van der Waals surface area contributed by atoms with Gasteiger partial charge in [-0.2, -0.15) is 0 Å². The molecule has 3 rings (SSSR count). The van der Waals surface area contributed by atoms with Gasteiger partial charge in [0.05, 0.1) is 6.61 Å². The highest BCUT2D eigenvalue weighted by Gasteiger charge is 2.18. The van der Waals surface area contributed by atoms with E-state index in [0.29, 0.717) is 18.3 Å². The second-order valence-electron chi connectivity index (χ2n) is 5.09. The van der Waals surface area contributed by atoms with Crippen molar-refractivity contribution in [3.05, 3.63) is 66.1 Å². The van der Waals surface area contributed by atoms with E-state index >= 15 is 0 Å². The van der Waals surface area contributed by atoms with E-state index in [2.05, 4.69) is 17.1 Å². The fourth-order valence-electron chi connectivity index (χ4n) is 2.34. The SMILES string of the molecule is CCOC(=O)c1nc(-c2ccc(-c3ccccc3)cc2)oc1C. The predicted octanol–water partition coefficient (Wildman–Crippen LogP) is 4.49. The van der Waals surface area contributed by atoms with Crippen LogP contribution < -0.4 is 0 Å². The van der Waals surface area contributed by atoms with Gasteiger partial charge in [0.25, 0.3) is 0 Å². The van der Waals surface area contributed by atoms with Crippen LogP contribution in [-0.2, 0) is 4.74 Å². The predicted molar refractivity (Wildman–Crippen MR) is 88.1 cm³/mol. The number of aromatic nitrogens is 1. The van der Waals surface area contributed by atoms with Crippen LogP contribution in [0, 0.1) is 6.92 Å². The highest BCUT2D eigenvalue weighted by molar-refractivity contribution is 5.88. The van der Waals surface area contributed by atoms with Gasteiger partial charge in [-0.1, -0.05) is 42.5 Å². The van der Waals surface area contributed by atoms with E-state index in [9.17, 15) is 4.79 Å². The molecule has 0 saturated heterocycles. The van der Waals surface area contributed by atoms with E-state index in [4.69, 9.17) is 9.15 Å². The highest BCUT2D eigenvalue weighted by atomic mass is 16.5. The van der Waals surface area contributed by atoms with Crippen molar-refractivity contribution in [1.82, 2.24) is 4.98 Å². The van der Waals surface area contributed by atoms with Crippen LogP contribution in [0.1, 0.15) is 23.2 Å². The van der Waals surface area contributed by atoms with Gasteiger partial charge >= 0.3 is 5.97 Å². The number of ether oxygens (including phenoxy) is 1. The number of carbonyl (C=O) groups excluding carboxylic acids is 1. The van der Waals surface area contributed by atoms with Crippen LogP contribution in [0.25, 0.3) is 22.6 Å². The van der Waals surface area contributed by atoms with E-state index in [1.54, 1.807) is 13.8 Å². The minimum absolute atomic E-state index is 0.231. The third-order valence-corrected chi connectivity index (χ3v) is 3.50. The number of carbonyl (C=O) groups is 1. The average Bonchev–Trinajstić information content (AvgIpc) is 2.98. The number of aryl methyl sites for hydroxylation is 1. The van der Waals surface area contributed by atoms with Gasteiger partial charge in [0.15, 0.2) is 5.69 Å². The third kappa shape index (κ3) is 3.16. The number of oxazole rings is 1. The molecule has 0 unspecified atom stereocenters. The summed E-state index contributed by atoms with van der Waals surface area (Å²) >= 11 is 0. The Balaban J connectivity index is 1.88. The Morgan fingerprint density at radius 1 is 1.00 bits per heavy atom. The lowest BCUT2D eigenvalue weighted by atomic mass is 10.0. The van der Waals surface area contributed by atoms with Crippen LogP contribution in [0.5, 0.6) is 0 Å². The summed E-state index contributed by atoms with van der Waals surface area (Å²) in [5.74, 6) is 0.427. The first-order valence-corrected chi connectivity index (χ1v) is 7.49. The Labute approximate surface area is 134 Å². The van der Waals surface area contributed by atoms with Crippen LogP contribution in [0.15, 0.2) is 59.0 Å². The van der Waals surface area contributed by atoms with E-state index < -0.39 is 5.97 Å². The monoisotopic (exact) mass is 307 g/mol. The number of benzene rings is 2. The van der Waals surface area contributed by atoms with Crippen molar-refractivity contribution in [3.8, 4) is 22.6 Å². The van der Waals surface area contributed by atoms with Gasteiger partial charge < -0.3 is 9.15 Å². The molecule has 1 aromatic heterocycles. The Morgan fingerprint density at radius 2 is 1.61 bits per heavy atom. The molecule has 0 aliphatic rings. The van der Waals surface area contributed by atoms with Crippen LogP contribution in [0.3, 0.4) is 0 Å². The van der Waals surface area contributed by atoms with Crippen molar-refractivity contribution in [2.75, 3.05) is 6.61 Å². The maximum atomic E-state index is 11.8. The molecule has 0 atom stereocenters. The number of rotatable bonds is 4. The van der Waals surface area contributed by atoms with Crippen molar-refractivity contribution >= 4 is 5.97 Å². The molecule has 0 radical (unpaired) electrons. The number of esters is 1. The summed E-state index contributed by atoms with van der Waals surface area (Å²) in [6.07, 6.45) is 0. The standard InChI is InChI=1S/C19H17NO3/c1-3-22-19(21)17-13(2)23-18(20-17)16-11-9-15(10-12-16)14-7-5-4-6-8-14/h4-12H,3H2,1-2H3. The van der Waals surface area contributed by atoms with Crippen molar-refractivity contribution in [2.24, 2.45) is 0 Å². The molecule has 116 valence electrons. The van der Waals surface area contributed by atoms with Crippen LogP contribution in [-0.4, -0.2) is 17.6 Å². The molecule has 4 heteroatoms. The zero-order chi connectivity index (χ0) is 16.2. The summed E-state index contributed by atoms with van der Waals surface area (Å²) in [6.45, 7) is 3.78. The molecule has 0 fully saturated rings. The molecule has 0 aliphatic carbocycles. The summed E-state index contributed by atoms with van der Waals surface area (Å²) < 4.78 is 10.6. The molecule has 0 N–H and O–H groups in total. The summed E-state index contributed by atoms with van der Waals surface area (Å²) in [4.78, 5) is 16.1. The number of hydrogen-bond donors (Lipinski definition) is 0. The average molecular weight is 307 g/mol. The van der Waals surface area contributed by atoms with Crippen LogP contribution in [0.2, 0.25) is 0 Å². The van der Waals surface area contributed by atoms with Crippen LogP contribution in [0.4, 0.5) is 0 Å². The third-order valence-electron chi connectivity index (χ3n) is 3.50. The Morgan fingerprint density at radius 3 is 2.26 bits per heavy atom. The van der Waals surface area contributed by atoms with E-state index in [1.807, 2.05) is 42.5 Å². The molecule has 0 bridgehead atoms. The quantitative estimate of drug-likeness (QED) is 0.666. The molecule has 0 saturated carbocycles. The molecule has 1 heterocycles. The summed E-state index contributed by atoms with van der Waals surface area (Å²) in [6, 6.07) is 18.0. The Kier molecular flexibility index (Phi) is 4.24. The van der Waals surface area contributed by atoms with Crippen molar-refractivity contribution in [1.29, 1.82) is 0 Å². The lowest BCUT2D eigenvalue weighted by Crippen LogP contribution is -2.06. The number of nitrogens with zero attached hydrogens (tertiary/aromatic N) is 1. The molecule has 23 heavy (non-hydrogen) atoms. The first-order valence-electron chi connectivity index (χ1n) is 7.49. The maximum absolute atomic E-state index is 11.8. The molecule has 0 aliphatic heterocycles. The molecule has 4 nitrogen and oxygen atoms in total. The fraction of sp³-hybridized carbons (Fsp3) is 0.158. The smallest absolute Gasteiger partial charge is 0.360 e. The lowest BCUT2D eigenvalue weighted by Gasteiger charge is -2.02. The maximum Gasteiger partial charge on any atom is 0.360 e. The van der Waals surface area contributed by atoms with Gasteiger partial charge in [0.2, 0.25) is 5.89 Å². The van der Waals surface area contributed by atoms with E-state index in [-0.39, 0.29) is 5.69 Å². The Bertz CT molecular complexity index is 804. The largest absolute Gasteiger partial charge is 0.461 e. The first kappa shape index (κ1) is 15.0. The van der Waals surface area contributed by atoms with Crippen molar-refractivity contribution < 1.29 is 13.9 Å². The molecular formula is C19H17NO3. The second kappa shape index (κ2) is 6.48. The van der Waals surface area contributed by atoms with Gasteiger partial charge in [0.1, 0.15) is 5.76 Å². The first-order chi connectivity index (χ1) is 11.2. The van der Waals surface area contributed by atoms with Gasteiger partial charge in [-0.3, -0.25) is 0 Å². The number of hydrogen-bond acceptors (Lipinski definition) is 4. The van der Waals surface area contributed by atoms with E-state index in [1.165, 1.54) is 0 Å². The Hall–Kier alpha value is -2.88. The fourth-order valence-corrected chi connectivity index (χ4v) is 2.34. The molecule has 0 spiro atoms. The summed E-state index contributed by atoms with van der Waals surface area (Å²) in [5, 5.41) is 0. The van der Waals surface area contributed by atoms with Gasteiger partial charge in [-0.15, -0.1) is 0 Å². The molecule has 3 aromatic rings.